The second-order valence-electron chi connectivity index (χ2n) is 9.17. The third-order valence-electron chi connectivity index (χ3n) is 5.89. The molecule has 0 radical (unpaired) electrons. The minimum absolute atomic E-state index is 0.0130. The Morgan fingerprint density at radius 1 is 1.16 bits per heavy atom. The van der Waals surface area contributed by atoms with Crippen LogP contribution in [0.5, 0.6) is 0 Å². The van der Waals surface area contributed by atoms with Crippen LogP contribution in [-0.2, 0) is 32.9 Å². The van der Waals surface area contributed by atoms with Crippen molar-refractivity contribution >= 4 is 25.5 Å². The zero-order chi connectivity index (χ0) is 27.8. The number of aliphatic hydroxyl groups is 2. The first-order chi connectivity index (χ1) is 17.4. The van der Waals surface area contributed by atoms with E-state index in [9.17, 15) is 29.2 Å². The highest BCUT2D eigenvalue weighted by Crippen LogP contribution is 2.36. The highest BCUT2D eigenvalue weighted by atomic mass is 31.2. The van der Waals surface area contributed by atoms with E-state index in [4.69, 9.17) is 19.3 Å². The van der Waals surface area contributed by atoms with Crippen molar-refractivity contribution in [2.24, 2.45) is 11.8 Å². The number of unbranched alkanes of at least 4 members (excludes halogenated alkanes) is 3. The number of carbonyl (C=O) groups is 3. The molecule has 0 aliphatic heterocycles. The number of phosphoric acid groups is 1. The maximum absolute atomic E-state index is 12.3. The molecule has 0 amide bonds. The lowest BCUT2D eigenvalue weighted by atomic mass is 9.90. The van der Waals surface area contributed by atoms with Crippen LogP contribution in [0.2, 0.25) is 0 Å². The number of hydrogen-bond donors (Lipinski definition) is 4. The van der Waals surface area contributed by atoms with Crippen molar-refractivity contribution < 1.29 is 52.9 Å². The van der Waals surface area contributed by atoms with Gasteiger partial charge < -0.3 is 29.5 Å². The Bertz CT molecular complexity index is 819. The highest BCUT2D eigenvalue weighted by Gasteiger charge is 2.39. The number of ether oxygens (including phenoxy) is 2. The number of allylic oxidation sites excluding steroid dienone is 2. The monoisotopic (exact) mass is 548 g/mol. The predicted octanol–water partition coefficient (Wildman–Crippen LogP) is 2.75. The maximum Gasteiger partial charge on any atom is 0.469 e. The molecule has 5 atom stereocenters. The van der Waals surface area contributed by atoms with Gasteiger partial charge in [0, 0.05) is 31.6 Å². The molecule has 0 saturated heterocycles. The molecule has 12 heteroatoms. The average molecular weight is 549 g/mol. The molecular formula is C25H41O11P. The van der Waals surface area contributed by atoms with Crippen molar-refractivity contribution in [2.75, 3.05) is 13.2 Å². The third-order valence-corrected chi connectivity index (χ3v) is 6.38. The Balaban J connectivity index is 2.40. The normalized spacial score (nSPS) is 22.0. The van der Waals surface area contributed by atoms with E-state index >= 15 is 0 Å². The largest absolute Gasteiger partial charge is 0.469 e. The minimum atomic E-state index is -4.76. The summed E-state index contributed by atoms with van der Waals surface area (Å²) in [4.78, 5) is 52.8. The fraction of sp³-hybridized carbons (Fsp3) is 0.720. The topological polar surface area (TPSA) is 177 Å². The van der Waals surface area contributed by atoms with Crippen LogP contribution in [0.15, 0.2) is 24.3 Å². The summed E-state index contributed by atoms with van der Waals surface area (Å²) < 4.78 is 24.9. The van der Waals surface area contributed by atoms with Gasteiger partial charge >= 0.3 is 19.8 Å². The van der Waals surface area contributed by atoms with E-state index in [2.05, 4.69) is 11.4 Å². The lowest BCUT2D eigenvalue weighted by Crippen LogP contribution is -2.28. The first kappa shape index (κ1) is 33.1. The van der Waals surface area contributed by atoms with Crippen molar-refractivity contribution in [3.05, 3.63) is 24.3 Å². The van der Waals surface area contributed by atoms with Crippen molar-refractivity contribution in [3.8, 4) is 0 Å². The molecule has 4 N–H and O–H groups in total. The van der Waals surface area contributed by atoms with E-state index < -0.39 is 51.3 Å². The van der Waals surface area contributed by atoms with Gasteiger partial charge in [-0.1, -0.05) is 50.5 Å². The van der Waals surface area contributed by atoms with Crippen LogP contribution in [0.4, 0.5) is 0 Å². The maximum atomic E-state index is 12.3. The van der Waals surface area contributed by atoms with Gasteiger partial charge in [0.25, 0.3) is 0 Å². The van der Waals surface area contributed by atoms with Gasteiger partial charge in [0.05, 0.1) is 18.8 Å². The molecule has 1 aliphatic rings. The van der Waals surface area contributed by atoms with Crippen LogP contribution in [0.3, 0.4) is 0 Å². The number of aliphatic hydroxyl groups excluding tert-OH is 2. The molecule has 212 valence electrons. The van der Waals surface area contributed by atoms with Gasteiger partial charge in [0.2, 0.25) is 0 Å². The summed E-state index contributed by atoms with van der Waals surface area (Å²) in [7, 11) is -4.76. The SMILES string of the molecule is CCCCC[C@H](O)/C=C/[C@H]1[C@H](O)CC(=O)[C@@H]1C/C=C\CCCC(=O)OC[C@H](COP(=O)(O)O)OC(C)=O. The lowest BCUT2D eigenvalue weighted by molar-refractivity contribution is -0.159. The zero-order valence-electron chi connectivity index (χ0n) is 21.6. The van der Waals surface area contributed by atoms with Crippen molar-refractivity contribution in [1.29, 1.82) is 0 Å². The third kappa shape index (κ3) is 15.2. The van der Waals surface area contributed by atoms with Gasteiger partial charge in [0.1, 0.15) is 12.4 Å². The second-order valence-corrected chi connectivity index (χ2v) is 10.4. The Kier molecular flexibility index (Phi) is 15.8. The summed E-state index contributed by atoms with van der Waals surface area (Å²) in [6, 6.07) is 0. The molecule has 0 aromatic heterocycles. The van der Waals surface area contributed by atoms with Crippen LogP contribution < -0.4 is 0 Å². The lowest BCUT2D eigenvalue weighted by Gasteiger charge is -2.17. The predicted molar refractivity (Wildman–Crippen MR) is 134 cm³/mol. The molecule has 0 aromatic carbocycles. The number of Topliss-reactive ketones (excluding diaryl/α,β-unsaturated/α-hetero) is 1. The van der Waals surface area contributed by atoms with Crippen molar-refractivity contribution in [1.82, 2.24) is 0 Å². The van der Waals surface area contributed by atoms with Gasteiger partial charge in [-0.2, -0.15) is 0 Å². The minimum Gasteiger partial charge on any atom is -0.462 e. The van der Waals surface area contributed by atoms with Gasteiger partial charge in [-0.05, 0) is 25.7 Å². The summed E-state index contributed by atoms with van der Waals surface area (Å²) >= 11 is 0. The summed E-state index contributed by atoms with van der Waals surface area (Å²) in [5.74, 6) is -1.99. The number of hydrogen-bond acceptors (Lipinski definition) is 9. The fourth-order valence-corrected chi connectivity index (χ4v) is 4.36. The molecule has 0 unspecified atom stereocenters. The molecule has 1 saturated carbocycles. The Morgan fingerprint density at radius 3 is 2.54 bits per heavy atom. The van der Waals surface area contributed by atoms with E-state index in [-0.39, 0.29) is 30.5 Å². The Morgan fingerprint density at radius 2 is 1.89 bits per heavy atom. The van der Waals surface area contributed by atoms with Gasteiger partial charge in [-0.15, -0.1) is 0 Å². The average Bonchev–Trinajstić information content (AvgIpc) is 3.07. The summed E-state index contributed by atoms with van der Waals surface area (Å²) in [5, 5.41) is 20.4. The first-order valence-electron chi connectivity index (χ1n) is 12.7. The van der Waals surface area contributed by atoms with Gasteiger partial charge in [-0.3, -0.25) is 18.9 Å². The molecule has 0 heterocycles. The number of ketones is 1. The number of phosphoric ester groups is 1. The molecule has 1 aliphatic carbocycles. The van der Waals surface area contributed by atoms with Crippen LogP contribution >= 0.6 is 7.82 Å². The molecule has 0 bridgehead atoms. The summed E-state index contributed by atoms with van der Waals surface area (Å²) in [6.45, 7) is 2.17. The van der Waals surface area contributed by atoms with E-state index in [1.165, 1.54) is 0 Å². The van der Waals surface area contributed by atoms with E-state index in [0.29, 0.717) is 25.7 Å². The van der Waals surface area contributed by atoms with E-state index in [0.717, 1.165) is 26.2 Å². The Labute approximate surface area is 218 Å². The molecule has 1 rings (SSSR count). The first-order valence-corrected chi connectivity index (χ1v) is 14.2. The van der Waals surface area contributed by atoms with Gasteiger partial charge in [-0.25, -0.2) is 4.57 Å². The number of esters is 2. The second kappa shape index (κ2) is 17.6. The molecular weight excluding hydrogens is 507 g/mol. The standard InChI is InChI=1S/C25H41O11P/c1-3-4-7-10-19(27)13-14-22-21(23(28)15-24(22)29)11-8-5-6-9-12-25(30)34-16-20(36-18(2)26)17-35-37(31,32)33/h5,8,13-14,19-22,24,27,29H,3-4,6-7,9-12,15-17H2,1-2H3,(H2,31,32,33)/b8-5-,14-13+/t19-,20+,21+,22+,24+/m0/s1. The van der Waals surface area contributed by atoms with Crippen LogP contribution in [0.25, 0.3) is 0 Å². The Hall–Kier alpha value is -1.88. The summed E-state index contributed by atoms with van der Waals surface area (Å²) in [6.07, 6.45) is 9.94. The van der Waals surface area contributed by atoms with Crippen LogP contribution in [0.1, 0.15) is 71.6 Å². The van der Waals surface area contributed by atoms with Crippen molar-refractivity contribution in [3.63, 3.8) is 0 Å². The quantitative estimate of drug-likeness (QED) is 0.0857. The van der Waals surface area contributed by atoms with Crippen molar-refractivity contribution in [2.45, 2.75) is 89.9 Å². The van der Waals surface area contributed by atoms with Crippen LogP contribution in [-0.4, -0.2) is 69.2 Å². The molecule has 37 heavy (non-hydrogen) atoms. The smallest absolute Gasteiger partial charge is 0.462 e. The molecule has 1 fully saturated rings. The van der Waals surface area contributed by atoms with Gasteiger partial charge in [0.15, 0.2) is 6.10 Å². The molecule has 11 nitrogen and oxygen atoms in total. The van der Waals surface area contributed by atoms with E-state index in [1.807, 2.05) is 12.2 Å². The summed E-state index contributed by atoms with van der Waals surface area (Å²) in [5.41, 5.74) is 0. The number of rotatable bonds is 18. The fourth-order valence-electron chi connectivity index (χ4n) is 4.00. The van der Waals surface area contributed by atoms with Crippen LogP contribution in [0, 0.1) is 11.8 Å². The zero-order valence-corrected chi connectivity index (χ0v) is 22.5. The highest BCUT2D eigenvalue weighted by molar-refractivity contribution is 7.46. The number of carbonyl (C=O) groups excluding carboxylic acids is 3. The molecule has 0 aromatic rings. The van der Waals surface area contributed by atoms with E-state index in [1.54, 1.807) is 12.2 Å². The molecule has 0 spiro atoms.